The molecule has 5 nitrogen and oxygen atoms in total. The molecule has 1 aliphatic heterocycles. The van der Waals surface area contributed by atoms with E-state index < -0.39 is 0 Å². The molecule has 0 bridgehead atoms. The summed E-state index contributed by atoms with van der Waals surface area (Å²) >= 11 is 0. The fourth-order valence-corrected chi connectivity index (χ4v) is 2.45. The van der Waals surface area contributed by atoms with Crippen LogP contribution in [0.5, 0.6) is 5.75 Å². The fourth-order valence-electron chi connectivity index (χ4n) is 2.45. The third-order valence-corrected chi connectivity index (χ3v) is 3.62. The Bertz CT molecular complexity index is 468. The molecule has 1 aliphatic rings. The summed E-state index contributed by atoms with van der Waals surface area (Å²) in [4.78, 5) is 14.3. The number of ether oxygens (including phenoxy) is 2. The molecule has 1 heterocycles. The first-order valence-electron chi connectivity index (χ1n) is 7.00. The van der Waals surface area contributed by atoms with Gasteiger partial charge < -0.3 is 20.1 Å². The van der Waals surface area contributed by atoms with Crippen LogP contribution in [0.25, 0.3) is 0 Å². The van der Waals surface area contributed by atoms with E-state index in [0.29, 0.717) is 23.6 Å². The van der Waals surface area contributed by atoms with Crippen molar-refractivity contribution in [3.8, 4) is 5.75 Å². The first kappa shape index (κ1) is 14.7. The van der Waals surface area contributed by atoms with Crippen molar-refractivity contribution >= 4 is 11.6 Å². The number of hydrogen-bond donors (Lipinski definition) is 1. The maximum absolute atomic E-state index is 12.4. The average molecular weight is 278 g/mol. The molecule has 1 saturated heterocycles. The zero-order valence-electron chi connectivity index (χ0n) is 12.1. The lowest BCUT2D eigenvalue weighted by atomic mass is 10.1. The number of likely N-dealkylation sites (tertiary alicyclic amines) is 1. The summed E-state index contributed by atoms with van der Waals surface area (Å²) in [6, 6.07) is 5.22. The molecule has 0 radical (unpaired) electrons. The minimum atomic E-state index is 0.0225. The average Bonchev–Trinajstić information content (AvgIpc) is 2.49. The number of piperidine rings is 1. The molecule has 1 fully saturated rings. The minimum Gasteiger partial charge on any atom is -0.492 e. The second kappa shape index (κ2) is 6.61. The van der Waals surface area contributed by atoms with Crippen LogP contribution in [0, 0.1) is 0 Å². The van der Waals surface area contributed by atoms with Crippen molar-refractivity contribution in [3.63, 3.8) is 0 Å². The normalized spacial score (nSPS) is 16.2. The largest absolute Gasteiger partial charge is 0.492 e. The third-order valence-electron chi connectivity index (χ3n) is 3.62. The number of nitrogens with two attached hydrogens (primary N) is 1. The zero-order chi connectivity index (χ0) is 14.5. The first-order chi connectivity index (χ1) is 9.65. The highest BCUT2D eigenvalue weighted by atomic mass is 16.5. The Hall–Kier alpha value is -1.75. The third kappa shape index (κ3) is 3.22. The van der Waals surface area contributed by atoms with E-state index in [2.05, 4.69) is 0 Å². The molecule has 0 saturated carbocycles. The Balaban J connectivity index is 2.04. The summed E-state index contributed by atoms with van der Waals surface area (Å²) < 4.78 is 10.7. The molecule has 0 atom stereocenters. The van der Waals surface area contributed by atoms with E-state index in [4.69, 9.17) is 15.2 Å². The molecular formula is C15H22N2O3. The Morgan fingerprint density at radius 2 is 2.10 bits per heavy atom. The van der Waals surface area contributed by atoms with Gasteiger partial charge in [-0.1, -0.05) is 0 Å². The van der Waals surface area contributed by atoms with E-state index in [1.807, 2.05) is 11.8 Å². The number of hydrogen-bond acceptors (Lipinski definition) is 4. The highest BCUT2D eigenvalue weighted by molar-refractivity contribution is 5.95. The van der Waals surface area contributed by atoms with Crippen LogP contribution in [-0.4, -0.2) is 43.7 Å². The predicted octanol–water partition coefficient (Wildman–Crippen LogP) is 1.92. The summed E-state index contributed by atoms with van der Waals surface area (Å²) in [5.41, 5.74) is 7.02. The van der Waals surface area contributed by atoms with Crippen LogP contribution in [0.15, 0.2) is 18.2 Å². The molecule has 1 aromatic carbocycles. The van der Waals surface area contributed by atoms with E-state index in [9.17, 15) is 4.79 Å². The molecule has 2 rings (SSSR count). The molecule has 2 N–H and O–H groups in total. The van der Waals surface area contributed by atoms with Crippen molar-refractivity contribution in [2.24, 2.45) is 0 Å². The monoisotopic (exact) mass is 278 g/mol. The second-order valence-electron chi connectivity index (χ2n) is 4.91. The summed E-state index contributed by atoms with van der Waals surface area (Å²) in [6.45, 7) is 3.91. The van der Waals surface area contributed by atoms with E-state index in [1.165, 1.54) is 0 Å². The topological polar surface area (TPSA) is 64.8 Å². The SMILES string of the molecule is CCOc1ccc(C(=O)N2CCC(OC)CC2)cc1N. The second-order valence-corrected chi connectivity index (χ2v) is 4.91. The maximum Gasteiger partial charge on any atom is 0.253 e. The molecule has 1 aromatic rings. The van der Waals surface area contributed by atoms with Gasteiger partial charge in [0.2, 0.25) is 0 Å². The Morgan fingerprint density at radius 1 is 1.40 bits per heavy atom. The summed E-state index contributed by atoms with van der Waals surface area (Å²) in [6.07, 6.45) is 2.04. The van der Waals surface area contributed by atoms with Gasteiger partial charge in [-0.15, -0.1) is 0 Å². The number of amides is 1. The Morgan fingerprint density at radius 3 is 2.65 bits per heavy atom. The lowest BCUT2D eigenvalue weighted by Crippen LogP contribution is -2.40. The van der Waals surface area contributed by atoms with Gasteiger partial charge >= 0.3 is 0 Å². The van der Waals surface area contributed by atoms with Crippen LogP contribution >= 0.6 is 0 Å². The summed E-state index contributed by atoms with van der Waals surface area (Å²) in [7, 11) is 1.72. The number of benzene rings is 1. The molecule has 20 heavy (non-hydrogen) atoms. The van der Waals surface area contributed by atoms with Crippen molar-refractivity contribution in [2.75, 3.05) is 32.5 Å². The van der Waals surface area contributed by atoms with Gasteiger partial charge in [0.15, 0.2) is 0 Å². The van der Waals surface area contributed by atoms with E-state index in [0.717, 1.165) is 25.9 Å². The lowest BCUT2D eigenvalue weighted by molar-refractivity contribution is 0.0351. The van der Waals surface area contributed by atoms with Gasteiger partial charge in [-0.05, 0) is 38.0 Å². The van der Waals surface area contributed by atoms with Gasteiger partial charge in [-0.2, -0.15) is 0 Å². The number of carbonyl (C=O) groups is 1. The summed E-state index contributed by atoms with van der Waals surface area (Å²) in [5, 5.41) is 0. The highest BCUT2D eigenvalue weighted by Crippen LogP contribution is 2.24. The van der Waals surface area contributed by atoms with Gasteiger partial charge in [0.25, 0.3) is 5.91 Å². The van der Waals surface area contributed by atoms with Crippen LogP contribution in [-0.2, 0) is 4.74 Å². The van der Waals surface area contributed by atoms with E-state index in [1.54, 1.807) is 25.3 Å². The van der Waals surface area contributed by atoms with Gasteiger partial charge in [0.05, 0.1) is 18.4 Å². The lowest BCUT2D eigenvalue weighted by Gasteiger charge is -2.31. The molecule has 1 amide bonds. The van der Waals surface area contributed by atoms with Crippen LogP contribution in [0.1, 0.15) is 30.1 Å². The molecule has 0 unspecified atom stereocenters. The Kier molecular flexibility index (Phi) is 4.84. The summed E-state index contributed by atoms with van der Waals surface area (Å²) in [5.74, 6) is 0.649. The maximum atomic E-state index is 12.4. The smallest absolute Gasteiger partial charge is 0.253 e. The first-order valence-corrected chi connectivity index (χ1v) is 7.00. The van der Waals surface area contributed by atoms with Gasteiger partial charge in [-0.3, -0.25) is 4.79 Å². The quantitative estimate of drug-likeness (QED) is 0.855. The predicted molar refractivity (Wildman–Crippen MR) is 78.0 cm³/mol. The van der Waals surface area contributed by atoms with Crippen LogP contribution in [0.3, 0.4) is 0 Å². The molecule has 0 aliphatic carbocycles. The fraction of sp³-hybridized carbons (Fsp3) is 0.533. The van der Waals surface area contributed by atoms with Crippen LogP contribution in [0.4, 0.5) is 5.69 Å². The Labute approximate surface area is 119 Å². The number of methoxy groups -OCH3 is 1. The van der Waals surface area contributed by atoms with Crippen LogP contribution < -0.4 is 10.5 Å². The standard InChI is InChI=1S/C15H22N2O3/c1-3-20-14-5-4-11(10-13(14)16)15(18)17-8-6-12(19-2)7-9-17/h4-5,10,12H,3,6-9,16H2,1-2H3. The number of rotatable bonds is 4. The number of carbonyl (C=O) groups excluding carboxylic acids is 1. The van der Waals surface area contributed by atoms with Gasteiger partial charge in [-0.25, -0.2) is 0 Å². The highest BCUT2D eigenvalue weighted by Gasteiger charge is 2.23. The molecule has 0 aromatic heterocycles. The van der Waals surface area contributed by atoms with Crippen molar-refractivity contribution in [1.29, 1.82) is 0 Å². The number of nitrogens with zero attached hydrogens (tertiary/aromatic N) is 1. The van der Waals surface area contributed by atoms with Crippen molar-refractivity contribution in [3.05, 3.63) is 23.8 Å². The molecular weight excluding hydrogens is 256 g/mol. The van der Waals surface area contributed by atoms with Crippen molar-refractivity contribution in [2.45, 2.75) is 25.9 Å². The minimum absolute atomic E-state index is 0.0225. The van der Waals surface area contributed by atoms with Crippen molar-refractivity contribution < 1.29 is 14.3 Å². The number of anilines is 1. The van der Waals surface area contributed by atoms with Gasteiger partial charge in [0, 0.05) is 25.8 Å². The van der Waals surface area contributed by atoms with E-state index >= 15 is 0 Å². The van der Waals surface area contributed by atoms with Crippen molar-refractivity contribution in [1.82, 2.24) is 4.90 Å². The van der Waals surface area contributed by atoms with Gasteiger partial charge in [0.1, 0.15) is 5.75 Å². The molecule has 0 spiro atoms. The van der Waals surface area contributed by atoms with E-state index in [-0.39, 0.29) is 12.0 Å². The molecule has 110 valence electrons. The molecule has 5 heteroatoms. The van der Waals surface area contributed by atoms with Crippen LogP contribution in [0.2, 0.25) is 0 Å². The number of nitrogen functional groups attached to an aromatic ring is 1. The zero-order valence-corrected chi connectivity index (χ0v) is 12.1.